The fourth-order valence-corrected chi connectivity index (χ4v) is 2.45. The molecule has 0 aliphatic heterocycles. The van der Waals surface area contributed by atoms with Gasteiger partial charge in [0, 0.05) is 25.6 Å². The average Bonchev–Trinajstić information content (AvgIpc) is 2.53. The summed E-state index contributed by atoms with van der Waals surface area (Å²) in [6.45, 7) is 5.59. The Morgan fingerprint density at radius 2 is 2.04 bits per heavy atom. The number of nitrogens with zero attached hydrogens (tertiary/aromatic N) is 1. The zero-order chi connectivity index (χ0) is 16.8. The van der Waals surface area contributed by atoms with Gasteiger partial charge >= 0.3 is 5.69 Å². The van der Waals surface area contributed by atoms with Crippen LogP contribution in [0, 0.1) is 0 Å². The Labute approximate surface area is 133 Å². The number of likely N-dealkylation sites (N-methyl/N-ethyl adjacent to an activating group) is 1. The first kappa shape index (κ1) is 17.0. The number of rotatable bonds is 7. The van der Waals surface area contributed by atoms with Crippen LogP contribution < -0.4 is 21.9 Å². The van der Waals surface area contributed by atoms with Crippen LogP contribution in [0.3, 0.4) is 0 Å². The van der Waals surface area contributed by atoms with Crippen LogP contribution in [0.1, 0.15) is 20.3 Å². The van der Waals surface area contributed by atoms with Crippen molar-refractivity contribution in [1.29, 1.82) is 0 Å². The third kappa shape index (κ3) is 4.29. The van der Waals surface area contributed by atoms with Crippen LogP contribution in [0.5, 0.6) is 0 Å². The van der Waals surface area contributed by atoms with Gasteiger partial charge in [-0.1, -0.05) is 19.1 Å². The molecular weight excluding hydrogens is 296 g/mol. The van der Waals surface area contributed by atoms with E-state index in [1.54, 1.807) is 24.3 Å². The largest absolute Gasteiger partial charge is 0.354 e. The molecule has 2 aromatic rings. The molecule has 23 heavy (non-hydrogen) atoms. The zero-order valence-corrected chi connectivity index (χ0v) is 13.4. The second-order valence-electron chi connectivity index (χ2n) is 5.44. The van der Waals surface area contributed by atoms with Crippen molar-refractivity contribution in [3.8, 4) is 0 Å². The molecule has 1 heterocycles. The first-order chi connectivity index (χ1) is 11.0. The Morgan fingerprint density at radius 1 is 1.30 bits per heavy atom. The predicted octanol–water partition coefficient (Wildman–Crippen LogP) is 0.194. The average molecular weight is 318 g/mol. The molecule has 2 rings (SSSR count). The summed E-state index contributed by atoms with van der Waals surface area (Å²) >= 11 is 0. The normalized spacial score (nSPS) is 12.3. The smallest absolute Gasteiger partial charge is 0.328 e. The van der Waals surface area contributed by atoms with Crippen LogP contribution in [0.2, 0.25) is 0 Å². The highest BCUT2D eigenvalue weighted by Gasteiger charge is 2.09. The Hall–Kier alpha value is -2.41. The number of carbonyl (C=O) groups is 1. The maximum absolute atomic E-state index is 12.0. The molecular formula is C16H22N4O3. The van der Waals surface area contributed by atoms with E-state index in [0.717, 1.165) is 6.54 Å². The Bertz CT molecular complexity index is 794. The molecule has 0 radical (unpaired) electrons. The van der Waals surface area contributed by atoms with Crippen LogP contribution >= 0.6 is 0 Å². The van der Waals surface area contributed by atoms with E-state index < -0.39 is 11.2 Å². The number of aromatic amines is 1. The number of aromatic nitrogens is 2. The third-order valence-corrected chi connectivity index (χ3v) is 3.63. The minimum Gasteiger partial charge on any atom is -0.354 e. The molecule has 0 bridgehead atoms. The highest BCUT2D eigenvalue weighted by Crippen LogP contribution is 2.06. The van der Waals surface area contributed by atoms with E-state index in [2.05, 4.69) is 15.6 Å². The van der Waals surface area contributed by atoms with Crippen LogP contribution in [0.15, 0.2) is 33.9 Å². The van der Waals surface area contributed by atoms with Gasteiger partial charge in [-0.05, 0) is 25.6 Å². The summed E-state index contributed by atoms with van der Waals surface area (Å²) in [6, 6.07) is 7.05. The van der Waals surface area contributed by atoms with Gasteiger partial charge in [0.15, 0.2) is 0 Å². The lowest BCUT2D eigenvalue weighted by Gasteiger charge is -2.14. The third-order valence-electron chi connectivity index (χ3n) is 3.63. The fourth-order valence-electron chi connectivity index (χ4n) is 2.45. The van der Waals surface area contributed by atoms with Crippen molar-refractivity contribution >= 4 is 16.8 Å². The Kier molecular flexibility index (Phi) is 5.70. The van der Waals surface area contributed by atoms with Gasteiger partial charge in [0.1, 0.15) is 0 Å². The zero-order valence-electron chi connectivity index (χ0n) is 13.4. The molecule has 0 unspecified atom stereocenters. The minimum atomic E-state index is -0.498. The highest BCUT2D eigenvalue weighted by molar-refractivity contribution is 5.78. The number of hydrogen-bond acceptors (Lipinski definition) is 4. The number of para-hydroxylation sites is 1. The maximum Gasteiger partial charge on any atom is 0.328 e. The van der Waals surface area contributed by atoms with Crippen molar-refractivity contribution in [2.45, 2.75) is 32.9 Å². The van der Waals surface area contributed by atoms with E-state index in [0.29, 0.717) is 17.4 Å². The number of amides is 1. The second-order valence-corrected chi connectivity index (χ2v) is 5.44. The van der Waals surface area contributed by atoms with Gasteiger partial charge in [-0.15, -0.1) is 0 Å². The molecule has 1 amide bonds. The SMILES string of the molecule is CCN[C@H](C)CNC(=O)CCn1c(=O)[nH]c(=O)c2ccccc21. The quantitative estimate of drug-likeness (QED) is 0.679. The summed E-state index contributed by atoms with van der Waals surface area (Å²) in [5, 5.41) is 6.47. The lowest BCUT2D eigenvalue weighted by Crippen LogP contribution is -2.39. The number of H-pyrrole nitrogens is 1. The van der Waals surface area contributed by atoms with E-state index in [9.17, 15) is 14.4 Å². The van der Waals surface area contributed by atoms with Gasteiger partial charge in [-0.25, -0.2) is 4.79 Å². The first-order valence-corrected chi connectivity index (χ1v) is 7.75. The van der Waals surface area contributed by atoms with Gasteiger partial charge in [0.2, 0.25) is 5.91 Å². The minimum absolute atomic E-state index is 0.128. The lowest BCUT2D eigenvalue weighted by molar-refractivity contribution is -0.121. The van der Waals surface area contributed by atoms with Crippen LogP contribution in [-0.2, 0) is 11.3 Å². The molecule has 7 heteroatoms. The van der Waals surface area contributed by atoms with Gasteiger partial charge in [0.25, 0.3) is 5.56 Å². The van der Waals surface area contributed by atoms with E-state index in [-0.39, 0.29) is 24.9 Å². The number of aryl methyl sites for hydroxylation is 1. The molecule has 0 spiro atoms. The fraction of sp³-hybridized carbons (Fsp3) is 0.438. The molecule has 0 saturated heterocycles. The highest BCUT2D eigenvalue weighted by atomic mass is 16.2. The van der Waals surface area contributed by atoms with Crippen molar-refractivity contribution in [3.05, 3.63) is 45.1 Å². The number of benzene rings is 1. The molecule has 3 N–H and O–H groups in total. The predicted molar refractivity (Wildman–Crippen MR) is 89.6 cm³/mol. The van der Waals surface area contributed by atoms with Crippen molar-refractivity contribution in [2.24, 2.45) is 0 Å². The molecule has 1 atom stereocenters. The summed E-state index contributed by atoms with van der Waals surface area (Å²) in [5.41, 5.74) is -0.372. The molecule has 7 nitrogen and oxygen atoms in total. The van der Waals surface area contributed by atoms with E-state index in [1.807, 2.05) is 13.8 Å². The second kappa shape index (κ2) is 7.73. The lowest BCUT2D eigenvalue weighted by atomic mass is 10.2. The summed E-state index contributed by atoms with van der Waals surface area (Å²) < 4.78 is 1.42. The van der Waals surface area contributed by atoms with Crippen molar-refractivity contribution in [3.63, 3.8) is 0 Å². The molecule has 1 aromatic carbocycles. The van der Waals surface area contributed by atoms with Crippen molar-refractivity contribution in [2.75, 3.05) is 13.1 Å². The number of hydrogen-bond donors (Lipinski definition) is 3. The standard InChI is InChI=1S/C16H22N4O3/c1-3-17-11(2)10-18-14(21)8-9-20-13-7-5-4-6-12(13)15(22)19-16(20)23/h4-7,11,17H,3,8-10H2,1-2H3,(H,18,21)(H,19,22,23)/t11-/m1/s1. The van der Waals surface area contributed by atoms with Crippen LogP contribution in [-0.4, -0.2) is 34.6 Å². The van der Waals surface area contributed by atoms with Gasteiger partial charge in [-0.2, -0.15) is 0 Å². The van der Waals surface area contributed by atoms with Gasteiger partial charge < -0.3 is 10.6 Å². The topological polar surface area (TPSA) is 96.0 Å². The van der Waals surface area contributed by atoms with E-state index in [1.165, 1.54) is 4.57 Å². The summed E-state index contributed by atoms with van der Waals surface area (Å²) in [5.74, 6) is -0.128. The first-order valence-electron chi connectivity index (χ1n) is 7.75. The van der Waals surface area contributed by atoms with Crippen molar-refractivity contribution in [1.82, 2.24) is 20.2 Å². The molecule has 0 aliphatic rings. The summed E-state index contributed by atoms with van der Waals surface area (Å²) in [4.78, 5) is 38.0. The summed E-state index contributed by atoms with van der Waals surface area (Å²) in [7, 11) is 0. The molecule has 0 saturated carbocycles. The van der Waals surface area contributed by atoms with Gasteiger partial charge in [0.05, 0.1) is 10.9 Å². The van der Waals surface area contributed by atoms with Crippen molar-refractivity contribution < 1.29 is 4.79 Å². The number of nitrogens with one attached hydrogen (secondary N) is 3. The van der Waals surface area contributed by atoms with E-state index in [4.69, 9.17) is 0 Å². The van der Waals surface area contributed by atoms with E-state index >= 15 is 0 Å². The molecule has 0 aliphatic carbocycles. The monoisotopic (exact) mass is 318 g/mol. The molecule has 1 aromatic heterocycles. The number of carbonyl (C=O) groups excluding carboxylic acids is 1. The Balaban J connectivity index is 2.07. The maximum atomic E-state index is 12.0. The van der Waals surface area contributed by atoms with Crippen LogP contribution in [0.4, 0.5) is 0 Å². The molecule has 124 valence electrons. The van der Waals surface area contributed by atoms with Gasteiger partial charge in [-0.3, -0.25) is 19.1 Å². The number of fused-ring (bicyclic) bond motifs is 1. The summed E-state index contributed by atoms with van der Waals surface area (Å²) in [6.07, 6.45) is 0.175. The Morgan fingerprint density at radius 3 is 2.78 bits per heavy atom. The van der Waals surface area contributed by atoms with Crippen LogP contribution in [0.25, 0.3) is 10.9 Å². The molecule has 0 fully saturated rings.